The molecule has 0 aliphatic rings. The molecule has 1 unspecified atom stereocenters. The molecule has 0 aliphatic carbocycles. The van der Waals surface area contributed by atoms with E-state index in [1.165, 1.54) is 16.2 Å². The van der Waals surface area contributed by atoms with E-state index in [2.05, 4.69) is 0 Å². The zero-order chi connectivity index (χ0) is 9.14. The van der Waals surface area contributed by atoms with Crippen LogP contribution in [0.2, 0.25) is 0 Å². The summed E-state index contributed by atoms with van der Waals surface area (Å²) in [5.41, 5.74) is 5.70. The molecular weight excluding hydrogens is 208 g/mol. The normalized spacial score (nSPS) is 11.6. The standard InChI is InChI=1S/C8H12N2OS.ClH/c1-10(2)8(11)7(9)6-4-3-5-12-6;/h3-5,7H,9H2,1-2H3;1H. The molecule has 0 saturated carbocycles. The number of likely N-dealkylation sites (N-methyl/N-ethyl adjacent to an activating group) is 1. The van der Waals surface area contributed by atoms with Crippen LogP contribution >= 0.6 is 23.7 Å². The topological polar surface area (TPSA) is 46.3 Å². The number of nitrogens with zero attached hydrogens (tertiary/aromatic N) is 1. The minimum Gasteiger partial charge on any atom is -0.347 e. The number of halogens is 1. The van der Waals surface area contributed by atoms with Crippen molar-refractivity contribution in [1.82, 2.24) is 4.90 Å². The molecule has 74 valence electrons. The first kappa shape index (κ1) is 12.4. The highest BCUT2D eigenvalue weighted by Crippen LogP contribution is 2.17. The van der Waals surface area contributed by atoms with Crippen molar-refractivity contribution in [2.75, 3.05) is 14.1 Å². The largest absolute Gasteiger partial charge is 0.347 e. The van der Waals surface area contributed by atoms with Crippen molar-refractivity contribution in [3.05, 3.63) is 22.4 Å². The van der Waals surface area contributed by atoms with Crippen molar-refractivity contribution < 1.29 is 4.79 Å². The molecule has 13 heavy (non-hydrogen) atoms. The molecule has 1 heterocycles. The first-order chi connectivity index (χ1) is 5.63. The summed E-state index contributed by atoms with van der Waals surface area (Å²) in [5.74, 6) is -0.0579. The van der Waals surface area contributed by atoms with Crippen LogP contribution in [0.3, 0.4) is 0 Å². The Morgan fingerprint density at radius 2 is 2.23 bits per heavy atom. The van der Waals surface area contributed by atoms with E-state index in [0.717, 1.165) is 4.88 Å². The maximum absolute atomic E-state index is 11.3. The first-order valence-electron chi connectivity index (χ1n) is 3.63. The third kappa shape index (κ3) is 2.99. The smallest absolute Gasteiger partial charge is 0.244 e. The molecule has 0 saturated heterocycles. The Bertz CT molecular complexity index is 261. The maximum Gasteiger partial charge on any atom is 0.244 e. The monoisotopic (exact) mass is 220 g/mol. The Labute approximate surface area is 87.9 Å². The van der Waals surface area contributed by atoms with E-state index in [9.17, 15) is 4.79 Å². The predicted molar refractivity (Wildman–Crippen MR) is 57.2 cm³/mol. The third-order valence-corrected chi connectivity index (χ3v) is 2.51. The Kier molecular flexibility index (Phi) is 4.98. The Hall–Kier alpha value is -0.580. The van der Waals surface area contributed by atoms with Crippen LogP contribution in [0.25, 0.3) is 0 Å². The first-order valence-corrected chi connectivity index (χ1v) is 4.51. The van der Waals surface area contributed by atoms with Crippen LogP contribution in [0.15, 0.2) is 17.5 Å². The van der Waals surface area contributed by atoms with Gasteiger partial charge in [0.25, 0.3) is 0 Å². The van der Waals surface area contributed by atoms with E-state index in [1.54, 1.807) is 14.1 Å². The zero-order valence-electron chi connectivity index (χ0n) is 7.56. The number of carbonyl (C=O) groups excluding carboxylic acids is 1. The molecule has 0 aliphatic heterocycles. The van der Waals surface area contributed by atoms with Gasteiger partial charge in [-0.25, -0.2) is 0 Å². The molecule has 3 nitrogen and oxygen atoms in total. The van der Waals surface area contributed by atoms with Crippen LogP contribution < -0.4 is 5.73 Å². The number of amides is 1. The van der Waals surface area contributed by atoms with Gasteiger partial charge >= 0.3 is 0 Å². The zero-order valence-corrected chi connectivity index (χ0v) is 9.19. The highest BCUT2D eigenvalue weighted by molar-refractivity contribution is 7.10. The van der Waals surface area contributed by atoms with E-state index >= 15 is 0 Å². The molecule has 0 fully saturated rings. The van der Waals surface area contributed by atoms with Crippen LogP contribution in [-0.4, -0.2) is 24.9 Å². The predicted octanol–water partition coefficient (Wildman–Crippen LogP) is 1.26. The molecule has 5 heteroatoms. The van der Waals surface area contributed by atoms with Crippen molar-refractivity contribution >= 4 is 29.7 Å². The lowest BCUT2D eigenvalue weighted by Gasteiger charge is -2.14. The van der Waals surface area contributed by atoms with Gasteiger partial charge in [0.1, 0.15) is 6.04 Å². The fraction of sp³-hybridized carbons (Fsp3) is 0.375. The van der Waals surface area contributed by atoms with Gasteiger partial charge in [0, 0.05) is 19.0 Å². The fourth-order valence-electron chi connectivity index (χ4n) is 0.868. The molecule has 0 spiro atoms. The molecule has 2 N–H and O–H groups in total. The van der Waals surface area contributed by atoms with Crippen LogP contribution in [-0.2, 0) is 4.79 Å². The van der Waals surface area contributed by atoms with E-state index < -0.39 is 6.04 Å². The van der Waals surface area contributed by atoms with Gasteiger partial charge in [-0.3, -0.25) is 4.79 Å². The molecule has 0 aromatic carbocycles. The lowest BCUT2D eigenvalue weighted by atomic mass is 10.2. The highest BCUT2D eigenvalue weighted by atomic mass is 35.5. The van der Waals surface area contributed by atoms with Crippen molar-refractivity contribution in [2.24, 2.45) is 5.73 Å². The maximum atomic E-state index is 11.3. The van der Waals surface area contributed by atoms with Gasteiger partial charge in [-0.05, 0) is 11.4 Å². The lowest BCUT2D eigenvalue weighted by Crippen LogP contribution is -2.32. The van der Waals surface area contributed by atoms with E-state index in [0.29, 0.717) is 0 Å². The van der Waals surface area contributed by atoms with Crippen molar-refractivity contribution in [3.8, 4) is 0 Å². The van der Waals surface area contributed by atoms with E-state index in [1.807, 2.05) is 17.5 Å². The minimum absolute atomic E-state index is 0. The van der Waals surface area contributed by atoms with Crippen molar-refractivity contribution in [3.63, 3.8) is 0 Å². The summed E-state index contributed by atoms with van der Waals surface area (Å²) < 4.78 is 0. The molecule has 1 aromatic heterocycles. The molecule has 1 aromatic rings. The Morgan fingerprint density at radius 3 is 2.62 bits per heavy atom. The lowest BCUT2D eigenvalue weighted by molar-refractivity contribution is -0.130. The van der Waals surface area contributed by atoms with Gasteiger partial charge < -0.3 is 10.6 Å². The Morgan fingerprint density at radius 1 is 1.62 bits per heavy atom. The number of nitrogens with two attached hydrogens (primary N) is 1. The molecular formula is C8H13ClN2OS. The van der Waals surface area contributed by atoms with Crippen LogP contribution in [0.4, 0.5) is 0 Å². The average molecular weight is 221 g/mol. The van der Waals surface area contributed by atoms with Gasteiger partial charge in [0.05, 0.1) is 0 Å². The second kappa shape index (κ2) is 5.21. The summed E-state index contributed by atoms with van der Waals surface area (Å²) >= 11 is 1.50. The summed E-state index contributed by atoms with van der Waals surface area (Å²) in [7, 11) is 3.41. The fourth-order valence-corrected chi connectivity index (χ4v) is 1.59. The number of thiophene rings is 1. The van der Waals surface area contributed by atoms with Crippen LogP contribution in [0, 0.1) is 0 Å². The van der Waals surface area contributed by atoms with Crippen molar-refractivity contribution in [1.29, 1.82) is 0 Å². The van der Waals surface area contributed by atoms with E-state index in [4.69, 9.17) is 5.73 Å². The van der Waals surface area contributed by atoms with E-state index in [-0.39, 0.29) is 18.3 Å². The number of hydrogen-bond acceptors (Lipinski definition) is 3. The summed E-state index contributed by atoms with van der Waals surface area (Å²) in [6.07, 6.45) is 0. The minimum atomic E-state index is -0.500. The van der Waals surface area contributed by atoms with Gasteiger partial charge in [-0.1, -0.05) is 6.07 Å². The quantitative estimate of drug-likeness (QED) is 0.816. The number of hydrogen-bond donors (Lipinski definition) is 1. The summed E-state index contributed by atoms with van der Waals surface area (Å²) in [4.78, 5) is 13.8. The molecule has 0 radical (unpaired) electrons. The van der Waals surface area contributed by atoms with Crippen molar-refractivity contribution in [2.45, 2.75) is 6.04 Å². The second-order valence-corrected chi connectivity index (χ2v) is 3.71. The SMILES string of the molecule is CN(C)C(=O)C(N)c1cccs1.Cl. The molecule has 1 atom stereocenters. The summed E-state index contributed by atoms with van der Waals surface area (Å²) in [6.45, 7) is 0. The molecule has 1 amide bonds. The van der Waals surface area contributed by atoms with Gasteiger partial charge in [0.15, 0.2) is 0 Å². The third-order valence-electron chi connectivity index (χ3n) is 1.56. The molecule has 0 bridgehead atoms. The summed E-state index contributed by atoms with van der Waals surface area (Å²) in [6, 6.07) is 3.26. The van der Waals surface area contributed by atoms with Gasteiger partial charge in [0.2, 0.25) is 5.91 Å². The summed E-state index contributed by atoms with van der Waals surface area (Å²) in [5, 5.41) is 1.91. The van der Waals surface area contributed by atoms with Gasteiger partial charge in [-0.15, -0.1) is 23.7 Å². The van der Waals surface area contributed by atoms with Crippen LogP contribution in [0.5, 0.6) is 0 Å². The average Bonchev–Trinajstić information content (AvgIpc) is 2.53. The highest BCUT2D eigenvalue weighted by Gasteiger charge is 2.17. The second-order valence-electron chi connectivity index (χ2n) is 2.73. The molecule has 1 rings (SSSR count). The Balaban J connectivity index is 0.00000144. The van der Waals surface area contributed by atoms with Crippen LogP contribution in [0.1, 0.15) is 10.9 Å². The number of carbonyl (C=O) groups is 1. The van der Waals surface area contributed by atoms with Gasteiger partial charge in [-0.2, -0.15) is 0 Å². The number of rotatable bonds is 2.